The Kier molecular flexibility index (Phi) is 5.58. The maximum absolute atomic E-state index is 14.5. The molecule has 0 bridgehead atoms. The molecule has 1 amide bonds. The highest BCUT2D eigenvalue weighted by Crippen LogP contribution is 2.30. The van der Waals surface area contributed by atoms with Crippen molar-refractivity contribution in [2.24, 2.45) is 12.8 Å². The summed E-state index contributed by atoms with van der Waals surface area (Å²) in [6.45, 7) is 5.27. The topological polar surface area (TPSA) is 120 Å². The van der Waals surface area contributed by atoms with Gasteiger partial charge in [0.2, 0.25) is 0 Å². The standard InChI is InChI=1S/C24H24FN7O2/c1-13(26)9-27-20-4-3-17(22-18(20)10-28-23(30-22)14-5-6-34-12-14)24(33)29-16-7-15-11-32(2)31-21(15)19(25)8-16/h3-4,7-8,10-11,14,27H,1,5-6,9,12,26H2,2H3,(H,29,33). The fourth-order valence-corrected chi connectivity index (χ4v) is 4.10. The first-order valence-electron chi connectivity index (χ1n) is 10.9. The van der Waals surface area contributed by atoms with Crippen molar-refractivity contribution in [2.75, 3.05) is 30.4 Å². The van der Waals surface area contributed by atoms with Crippen molar-refractivity contribution < 1.29 is 13.9 Å². The average molecular weight is 462 g/mol. The van der Waals surface area contributed by atoms with Crippen molar-refractivity contribution in [1.82, 2.24) is 19.7 Å². The Bertz CT molecular complexity index is 1430. The summed E-state index contributed by atoms with van der Waals surface area (Å²) < 4.78 is 21.5. The Balaban J connectivity index is 1.54. The van der Waals surface area contributed by atoms with Gasteiger partial charge >= 0.3 is 0 Å². The number of hydrogen-bond acceptors (Lipinski definition) is 7. The predicted octanol–water partition coefficient (Wildman–Crippen LogP) is 3.30. The van der Waals surface area contributed by atoms with E-state index < -0.39 is 11.7 Å². The van der Waals surface area contributed by atoms with Crippen molar-refractivity contribution in [3.8, 4) is 0 Å². The molecular weight excluding hydrogens is 437 g/mol. The van der Waals surface area contributed by atoms with E-state index in [-0.39, 0.29) is 11.4 Å². The molecule has 1 fully saturated rings. The van der Waals surface area contributed by atoms with Crippen molar-refractivity contribution in [3.05, 3.63) is 66.1 Å². The lowest BCUT2D eigenvalue weighted by molar-refractivity contribution is 0.102. The van der Waals surface area contributed by atoms with Gasteiger partial charge in [0.25, 0.3) is 5.91 Å². The molecule has 1 aliphatic heterocycles. The first-order valence-corrected chi connectivity index (χ1v) is 10.9. The van der Waals surface area contributed by atoms with Gasteiger partial charge in [0, 0.05) is 59.8 Å². The number of fused-ring (bicyclic) bond motifs is 2. The summed E-state index contributed by atoms with van der Waals surface area (Å²) in [5.74, 6) is -0.217. The van der Waals surface area contributed by atoms with Gasteiger partial charge in [-0.15, -0.1) is 0 Å². The smallest absolute Gasteiger partial charge is 0.257 e. The molecule has 9 nitrogen and oxygen atoms in total. The third-order valence-corrected chi connectivity index (χ3v) is 5.75. The summed E-state index contributed by atoms with van der Waals surface area (Å²) in [7, 11) is 1.71. The molecule has 4 N–H and O–H groups in total. The Morgan fingerprint density at radius 1 is 1.35 bits per heavy atom. The van der Waals surface area contributed by atoms with Gasteiger partial charge in [-0.05, 0) is 30.7 Å². The number of nitrogens with zero attached hydrogens (tertiary/aromatic N) is 4. The van der Waals surface area contributed by atoms with Crippen LogP contribution in [-0.2, 0) is 11.8 Å². The average Bonchev–Trinajstić information content (AvgIpc) is 3.46. The lowest BCUT2D eigenvalue weighted by Gasteiger charge is -2.14. The van der Waals surface area contributed by atoms with Crippen LogP contribution < -0.4 is 16.4 Å². The van der Waals surface area contributed by atoms with Crippen LogP contribution in [0, 0.1) is 5.82 Å². The molecule has 0 spiro atoms. The van der Waals surface area contributed by atoms with Crippen LogP contribution in [-0.4, -0.2) is 45.4 Å². The minimum Gasteiger partial charge on any atom is -0.401 e. The molecule has 0 saturated carbocycles. The van der Waals surface area contributed by atoms with Crippen LogP contribution in [0.3, 0.4) is 0 Å². The number of ether oxygens (including phenoxy) is 1. The summed E-state index contributed by atoms with van der Waals surface area (Å²) in [6.07, 6.45) is 4.22. The Labute approximate surface area is 194 Å². The van der Waals surface area contributed by atoms with E-state index in [4.69, 9.17) is 15.5 Å². The quantitative estimate of drug-likeness (QED) is 0.403. The van der Waals surface area contributed by atoms with Crippen LogP contribution in [0.4, 0.5) is 15.8 Å². The molecule has 10 heteroatoms. The molecule has 1 atom stereocenters. The van der Waals surface area contributed by atoms with E-state index in [0.29, 0.717) is 58.8 Å². The van der Waals surface area contributed by atoms with Crippen LogP contribution in [0.2, 0.25) is 0 Å². The van der Waals surface area contributed by atoms with E-state index in [9.17, 15) is 9.18 Å². The first-order chi connectivity index (χ1) is 16.4. The molecule has 1 aliphatic rings. The van der Waals surface area contributed by atoms with Crippen LogP contribution in [0.5, 0.6) is 0 Å². The number of nitrogens with two attached hydrogens (primary N) is 1. The minimum atomic E-state index is -0.509. The van der Waals surface area contributed by atoms with Gasteiger partial charge in [0.1, 0.15) is 11.3 Å². The van der Waals surface area contributed by atoms with Crippen LogP contribution in [0.1, 0.15) is 28.5 Å². The van der Waals surface area contributed by atoms with Crippen molar-refractivity contribution in [3.63, 3.8) is 0 Å². The summed E-state index contributed by atoms with van der Waals surface area (Å²) >= 11 is 0. The molecule has 34 heavy (non-hydrogen) atoms. The van der Waals surface area contributed by atoms with Crippen LogP contribution in [0.25, 0.3) is 21.8 Å². The lowest BCUT2D eigenvalue weighted by atomic mass is 10.1. The maximum atomic E-state index is 14.5. The fourth-order valence-electron chi connectivity index (χ4n) is 4.10. The summed E-state index contributed by atoms with van der Waals surface area (Å²) in [4.78, 5) is 22.6. The Morgan fingerprint density at radius 2 is 2.21 bits per heavy atom. The van der Waals surface area contributed by atoms with E-state index in [1.165, 1.54) is 10.7 Å². The number of carbonyl (C=O) groups is 1. The number of nitrogens with one attached hydrogen (secondary N) is 2. The number of carbonyl (C=O) groups excluding carboxylic acids is 1. The van der Waals surface area contributed by atoms with Gasteiger partial charge in [-0.2, -0.15) is 5.10 Å². The highest BCUT2D eigenvalue weighted by molar-refractivity contribution is 6.14. The maximum Gasteiger partial charge on any atom is 0.257 e. The normalized spacial score (nSPS) is 15.6. The number of rotatable bonds is 6. The van der Waals surface area contributed by atoms with Crippen molar-refractivity contribution in [2.45, 2.75) is 12.3 Å². The highest BCUT2D eigenvalue weighted by Gasteiger charge is 2.23. The second-order valence-corrected chi connectivity index (χ2v) is 8.38. The van der Waals surface area contributed by atoms with Crippen LogP contribution in [0.15, 0.2) is 48.9 Å². The number of aryl methyl sites for hydroxylation is 1. The first kappa shape index (κ1) is 21.8. The van der Waals surface area contributed by atoms with Crippen molar-refractivity contribution in [1.29, 1.82) is 0 Å². The second kappa shape index (κ2) is 8.71. The lowest BCUT2D eigenvalue weighted by Crippen LogP contribution is -2.15. The Morgan fingerprint density at radius 3 is 2.97 bits per heavy atom. The zero-order chi connectivity index (χ0) is 23.8. The van der Waals surface area contributed by atoms with Gasteiger partial charge < -0.3 is 21.1 Å². The number of amides is 1. The fraction of sp³-hybridized carbons (Fsp3) is 0.250. The van der Waals surface area contributed by atoms with E-state index in [1.807, 2.05) is 0 Å². The molecule has 4 aromatic rings. The number of hydrogen-bond donors (Lipinski definition) is 3. The molecule has 1 unspecified atom stereocenters. The molecule has 3 heterocycles. The number of halogens is 1. The summed E-state index contributed by atoms with van der Waals surface area (Å²) in [5.41, 5.74) is 8.33. The molecule has 2 aromatic carbocycles. The van der Waals surface area contributed by atoms with Crippen LogP contribution >= 0.6 is 0 Å². The predicted molar refractivity (Wildman–Crippen MR) is 128 cm³/mol. The molecular formula is C24H24FN7O2. The number of benzene rings is 2. The molecule has 0 aliphatic carbocycles. The Hall–Kier alpha value is -4.05. The minimum absolute atomic E-state index is 0.0721. The number of anilines is 2. The second-order valence-electron chi connectivity index (χ2n) is 8.38. The monoisotopic (exact) mass is 461 g/mol. The molecule has 1 saturated heterocycles. The molecule has 174 valence electrons. The van der Waals surface area contributed by atoms with Gasteiger partial charge in [0.05, 0.1) is 24.2 Å². The van der Waals surface area contributed by atoms with Gasteiger partial charge in [-0.25, -0.2) is 14.4 Å². The third-order valence-electron chi connectivity index (χ3n) is 5.75. The largest absolute Gasteiger partial charge is 0.401 e. The van der Waals surface area contributed by atoms with Crippen molar-refractivity contribution >= 4 is 39.1 Å². The summed E-state index contributed by atoms with van der Waals surface area (Å²) in [5, 5.41) is 11.4. The number of aromatic nitrogens is 4. The van der Waals surface area contributed by atoms with E-state index in [1.54, 1.807) is 37.6 Å². The van der Waals surface area contributed by atoms with E-state index in [0.717, 1.165) is 12.1 Å². The van der Waals surface area contributed by atoms with Gasteiger partial charge in [-0.3, -0.25) is 9.48 Å². The van der Waals surface area contributed by atoms with Gasteiger partial charge in [0.15, 0.2) is 5.82 Å². The molecule has 2 aromatic heterocycles. The van der Waals surface area contributed by atoms with Gasteiger partial charge in [-0.1, -0.05) is 6.58 Å². The summed E-state index contributed by atoms with van der Waals surface area (Å²) in [6, 6.07) is 6.39. The zero-order valence-corrected chi connectivity index (χ0v) is 18.6. The third kappa shape index (κ3) is 4.15. The molecule has 0 radical (unpaired) electrons. The van der Waals surface area contributed by atoms with E-state index >= 15 is 0 Å². The highest BCUT2D eigenvalue weighted by atomic mass is 19.1. The zero-order valence-electron chi connectivity index (χ0n) is 18.6. The SMILES string of the molecule is C=C(N)CNc1ccc(C(=O)Nc2cc(F)c3nn(C)cc3c2)c2nc(C3CCOC3)ncc12. The van der Waals surface area contributed by atoms with E-state index in [2.05, 4.69) is 27.3 Å². The molecule has 5 rings (SSSR count).